The fourth-order valence-corrected chi connectivity index (χ4v) is 2.08. The number of halogens is 1. The van der Waals surface area contributed by atoms with E-state index in [4.69, 9.17) is 9.88 Å². The van der Waals surface area contributed by atoms with E-state index in [1.54, 1.807) is 6.07 Å². The molecule has 0 amide bonds. The fourth-order valence-electron chi connectivity index (χ4n) is 1.60. The van der Waals surface area contributed by atoms with E-state index in [-0.39, 0.29) is 10.6 Å². The number of methoxy groups -OCH3 is 1. The van der Waals surface area contributed by atoms with Crippen LogP contribution in [0, 0.1) is 11.9 Å². The smallest absolute Gasteiger partial charge is 0.238 e. The van der Waals surface area contributed by atoms with Crippen LogP contribution in [0.25, 0.3) is 11.1 Å². The van der Waals surface area contributed by atoms with Crippen LogP contribution >= 0.6 is 0 Å². The Morgan fingerprint density at radius 1 is 1.26 bits per heavy atom. The average Bonchev–Trinajstić information content (AvgIpc) is 2.38. The highest BCUT2D eigenvalue weighted by molar-refractivity contribution is 7.89. The molecule has 0 unspecified atom stereocenters. The number of hydrogen-bond donors (Lipinski definition) is 1. The lowest BCUT2D eigenvalue weighted by Crippen LogP contribution is -2.11. The Labute approximate surface area is 110 Å². The summed E-state index contributed by atoms with van der Waals surface area (Å²) in [6.07, 6.45) is 0. The second-order valence-electron chi connectivity index (χ2n) is 3.83. The summed E-state index contributed by atoms with van der Waals surface area (Å²) in [4.78, 5) is -0.0368. The van der Waals surface area contributed by atoms with Gasteiger partial charge in [-0.05, 0) is 41.5 Å². The minimum absolute atomic E-state index is 0.0368. The molecule has 1 radical (unpaired) electrons. The number of rotatable bonds is 3. The van der Waals surface area contributed by atoms with Crippen molar-refractivity contribution in [2.24, 2.45) is 5.14 Å². The summed E-state index contributed by atoms with van der Waals surface area (Å²) in [5.74, 6) is -0.353. The second kappa shape index (κ2) is 4.99. The molecule has 0 saturated heterocycles. The van der Waals surface area contributed by atoms with Crippen molar-refractivity contribution in [3.63, 3.8) is 0 Å². The van der Waals surface area contributed by atoms with Gasteiger partial charge in [-0.25, -0.2) is 17.9 Å². The maximum Gasteiger partial charge on any atom is 0.238 e. The number of nitrogens with two attached hydrogens (primary N) is 1. The van der Waals surface area contributed by atoms with Crippen molar-refractivity contribution in [3.05, 3.63) is 48.3 Å². The first-order valence-electron chi connectivity index (χ1n) is 5.30. The summed E-state index contributed by atoms with van der Waals surface area (Å²) in [5, 5.41) is 4.98. The standard InChI is InChI=1S/C13H11FNO3S/c1-18-13-7-4-10(8-12(13)14)9-2-5-11(6-3-9)19(15,16)17/h2,4-8H,1H3,(H2,15,16,17). The predicted molar refractivity (Wildman–Crippen MR) is 68.6 cm³/mol. The number of hydrogen-bond acceptors (Lipinski definition) is 3. The maximum atomic E-state index is 13.5. The third-order valence-electron chi connectivity index (χ3n) is 2.58. The summed E-state index contributed by atoms with van der Waals surface area (Å²) in [5.41, 5.74) is 1.13. The van der Waals surface area contributed by atoms with Crippen molar-refractivity contribution in [2.75, 3.05) is 7.11 Å². The molecule has 2 aromatic rings. The van der Waals surface area contributed by atoms with E-state index in [2.05, 4.69) is 6.07 Å². The van der Waals surface area contributed by atoms with Gasteiger partial charge in [-0.1, -0.05) is 12.1 Å². The highest BCUT2D eigenvalue weighted by atomic mass is 32.2. The molecule has 6 heteroatoms. The zero-order valence-electron chi connectivity index (χ0n) is 10.1. The van der Waals surface area contributed by atoms with E-state index in [1.807, 2.05) is 0 Å². The van der Waals surface area contributed by atoms with Crippen LogP contribution < -0.4 is 9.88 Å². The van der Waals surface area contributed by atoms with Crippen molar-refractivity contribution < 1.29 is 17.5 Å². The summed E-state index contributed by atoms with van der Waals surface area (Å²) < 4.78 is 40.6. The molecule has 0 spiro atoms. The third kappa shape index (κ3) is 2.91. The van der Waals surface area contributed by atoms with E-state index in [1.165, 1.54) is 37.4 Å². The highest BCUT2D eigenvalue weighted by Gasteiger charge is 2.09. The molecule has 2 N–H and O–H groups in total. The zero-order chi connectivity index (χ0) is 14.0. The summed E-state index contributed by atoms with van der Waals surface area (Å²) in [6.45, 7) is 0. The van der Waals surface area contributed by atoms with Crippen molar-refractivity contribution in [1.29, 1.82) is 0 Å². The van der Waals surface area contributed by atoms with Gasteiger partial charge in [0.1, 0.15) is 0 Å². The Balaban J connectivity index is 2.40. The average molecular weight is 280 g/mol. The molecule has 0 saturated carbocycles. The largest absolute Gasteiger partial charge is 0.494 e. The molecule has 19 heavy (non-hydrogen) atoms. The quantitative estimate of drug-likeness (QED) is 0.934. The van der Waals surface area contributed by atoms with Gasteiger partial charge in [0.25, 0.3) is 0 Å². The number of primary sulfonamides is 1. The lowest BCUT2D eigenvalue weighted by atomic mass is 10.1. The van der Waals surface area contributed by atoms with E-state index >= 15 is 0 Å². The van der Waals surface area contributed by atoms with Gasteiger partial charge >= 0.3 is 0 Å². The molecule has 0 aliphatic heterocycles. The fraction of sp³-hybridized carbons (Fsp3) is 0.0769. The molecule has 4 nitrogen and oxygen atoms in total. The van der Waals surface area contributed by atoms with Crippen LogP contribution in [0.4, 0.5) is 4.39 Å². The first-order valence-corrected chi connectivity index (χ1v) is 6.85. The van der Waals surface area contributed by atoms with Crippen molar-refractivity contribution in [2.45, 2.75) is 4.90 Å². The topological polar surface area (TPSA) is 69.4 Å². The SMILES string of the molecule is COc1ccc(-c2[c]cc(S(N)(=O)=O)cc2)cc1F. The number of benzene rings is 2. The molecule has 99 valence electrons. The first-order chi connectivity index (χ1) is 8.91. The molecule has 2 aromatic carbocycles. The minimum Gasteiger partial charge on any atom is -0.494 e. The van der Waals surface area contributed by atoms with Crippen LogP contribution in [0.15, 0.2) is 41.3 Å². The Hall–Kier alpha value is -1.92. The Morgan fingerprint density at radius 2 is 2.00 bits per heavy atom. The molecule has 0 aromatic heterocycles. The van der Waals surface area contributed by atoms with Crippen molar-refractivity contribution in [1.82, 2.24) is 0 Å². The molecular formula is C13H11FNO3S. The van der Waals surface area contributed by atoms with Gasteiger partial charge in [0.2, 0.25) is 10.0 Å². The summed E-state index contributed by atoms with van der Waals surface area (Å²) in [7, 11) is -2.37. The normalized spacial score (nSPS) is 11.3. The van der Waals surface area contributed by atoms with Crippen LogP contribution in [-0.2, 0) is 10.0 Å². The molecule has 0 aliphatic carbocycles. The van der Waals surface area contributed by atoms with Crippen LogP contribution in [0.5, 0.6) is 5.75 Å². The van der Waals surface area contributed by atoms with Crippen LogP contribution in [0.1, 0.15) is 0 Å². The molecule has 2 rings (SSSR count). The second-order valence-corrected chi connectivity index (χ2v) is 5.39. The molecule has 0 bridgehead atoms. The van der Waals surface area contributed by atoms with Crippen molar-refractivity contribution >= 4 is 10.0 Å². The molecule has 0 heterocycles. The Bertz CT molecular complexity index is 696. The molecular weight excluding hydrogens is 269 g/mol. The van der Waals surface area contributed by atoms with Gasteiger partial charge in [0, 0.05) is 0 Å². The van der Waals surface area contributed by atoms with Gasteiger partial charge < -0.3 is 4.74 Å². The highest BCUT2D eigenvalue weighted by Crippen LogP contribution is 2.25. The van der Waals surface area contributed by atoms with Gasteiger partial charge in [-0.3, -0.25) is 0 Å². The lowest BCUT2D eigenvalue weighted by molar-refractivity contribution is 0.386. The van der Waals surface area contributed by atoms with Crippen LogP contribution in [0.2, 0.25) is 0 Å². The van der Waals surface area contributed by atoms with E-state index in [0.717, 1.165) is 0 Å². The van der Waals surface area contributed by atoms with Gasteiger partial charge in [0.15, 0.2) is 11.6 Å². The van der Waals surface area contributed by atoms with E-state index in [0.29, 0.717) is 11.1 Å². The van der Waals surface area contributed by atoms with Crippen LogP contribution in [0.3, 0.4) is 0 Å². The Kier molecular flexibility index (Phi) is 3.55. The molecule has 0 atom stereocenters. The first kappa shape index (κ1) is 13.5. The minimum atomic E-state index is -3.75. The predicted octanol–water partition coefficient (Wildman–Crippen LogP) is 1.95. The van der Waals surface area contributed by atoms with Gasteiger partial charge in [-0.2, -0.15) is 0 Å². The lowest BCUT2D eigenvalue weighted by Gasteiger charge is -2.06. The molecule has 0 aliphatic rings. The molecule has 0 fully saturated rings. The Morgan fingerprint density at radius 3 is 2.47 bits per heavy atom. The van der Waals surface area contributed by atoms with Gasteiger partial charge in [-0.15, -0.1) is 0 Å². The van der Waals surface area contributed by atoms with Gasteiger partial charge in [0.05, 0.1) is 12.0 Å². The maximum absolute atomic E-state index is 13.5. The third-order valence-corrected chi connectivity index (χ3v) is 3.49. The zero-order valence-corrected chi connectivity index (χ0v) is 10.9. The van der Waals surface area contributed by atoms with Crippen molar-refractivity contribution in [3.8, 4) is 16.9 Å². The summed E-state index contributed by atoms with van der Waals surface area (Å²) >= 11 is 0. The number of sulfonamides is 1. The van der Waals surface area contributed by atoms with Crippen LogP contribution in [-0.4, -0.2) is 15.5 Å². The van der Waals surface area contributed by atoms with E-state index in [9.17, 15) is 12.8 Å². The monoisotopic (exact) mass is 280 g/mol. The van der Waals surface area contributed by atoms with E-state index < -0.39 is 15.8 Å². The number of ether oxygens (including phenoxy) is 1. The summed E-state index contributed by atoms with van der Waals surface area (Å²) in [6, 6.07) is 11.3.